The summed E-state index contributed by atoms with van der Waals surface area (Å²) in [6.07, 6.45) is 0. The standard InChI is InChI=1S/C17H17FN2S/c1-17(2,3)12-6-4-5-7-13(12)19-16-20-14-9-8-11(18)10-15(14)21-16/h4-10H,1-3H3,(H,19,20). The first-order valence-corrected chi connectivity index (χ1v) is 7.68. The van der Waals surface area contributed by atoms with Crippen molar-refractivity contribution in [2.45, 2.75) is 26.2 Å². The second-order valence-electron chi connectivity index (χ2n) is 6.05. The number of hydrogen-bond acceptors (Lipinski definition) is 3. The molecule has 1 heterocycles. The maximum Gasteiger partial charge on any atom is 0.188 e. The zero-order valence-corrected chi connectivity index (χ0v) is 13.1. The molecule has 0 spiro atoms. The number of nitrogens with one attached hydrogen (secondary N) is 1. The fourth-order valence-corrected chi connectivity index (χ4v) is 3.22. The average molecular weight is 300 g/mol. The monoisotopic (exact) mass is 300 g/mol. The highest BCUT2D eigenvalue weighted by atomic mass is 32.1. The van der Waals surface area contributed by atoms with E-state index in [4.69, 9.17) is 0 Å². The molecule has 0 aliphatic heterocycles. The van der Waals surface area contributed by atoms with Gasteiger partial charge < -0.3 is 5.32 Å². The van der Waals surface area contributed by atoms with Gasteiger partial charge in [-0.2, -0.15) is 0 Å². The lowest BCUT2D eigenvalue weighted by molar-refractivity contribution is 0.592. The highest BCUT2D eigenvalue weighted by Crippen LogP contribution is 2.34. The highest BCUT2D eigenvalue weighted by molar-refractivity contribution is 7.22. The molecule has 0 aliphatic carbocycles. The van der Waals surface area contributed by atoms with Crippen molar-refractivity contribution in [2.24, 2.45) is 0 Å². The van der Waals surface area contributed by atoms with Crippen molar-refractivity contribution in [3.63, 3.8) is 0 Å². The minimum absolute atomic E-state index is 0.0480. The Bertz CT molecular complexity index is 787. The minimum atomic E-state index is -0.229. The second-order valence-corrected chi connectivity index (χ2v) is 7.08. The summed E-state index contributed by atoms with van der Waals surface area (Å²) in [7, 11) is 0. The molecule has 0 atom stereocenters. The number of aromatic nitrogens is 1. The molecule has 0 aliphatic rings. The zero-order chi connectivity index (χ0) is 15.0. The summed E-state index contributed by atoms with van der Waals surface area (Å²) >= 11 is 1.46. The molecule has 0 saturated carbocycles. The fraction of sp³-hybridized carbons (Fsp3) is 0.235. The number of anilines is 2. The topological polar surface area (TPSA) is 24.9 Å². The van der Waals surface area contributed by atoms with Gasteiger partial charge in [0.2, 0.25) is 0 Å². The second kappa shape index (κ2) is 5.11. The smallest absolute Gasteiger partial charge is 0.188 e. The van der Waals surface area contributed by atoms with Crippen molar-refractivity contribution in [1.29, 1.82) is 0 Å². The van der Waals surface area contributed by atoms with E-state index in [1.807, 2.05) is 18.2 Å². The predicted molar refractivity (Wildman–Crippen MR) is 88.0 cm³/mol. The van der Waals surface area contributed by atoms with Gasteiger partial charge in [0, 0.05) is 5.69 Å². The molecule has 3 rings (SSSR count). The Morgan fingerprint density at radius 2 is 1.86 bits per heavy atom. The molecule has 1 N–H and O–H groups in total. The molecule has 2 aromatic carbocycles. The lowest BCUT2D eigenvalue weighted by atomic mass is 9.86. The molecule has 0 unspecified atom stereocenters. The van der Waals surface area contributed by atoms with Gasteiger partial charge in [-0.15, -0.1) is 0 Å². The largest absolute Gasteiger partial charge is 0.331 e. The van der Waals surface area contributed by atoms with E-state index in [9.17, 15) is 4.39 Å². The molecule has 4 heteroatoms. The van der Waals surface area contributed by atoms with E-state index in [2.05, 4.69) is 37.1 Å². The average Bonchev–Trinajstić information content (AvgIpc) is 2.79. The molecule has 0 saturated heterocycles. The van der Waals surface area contributed by atoms with Crippen LogP contribution in [0.2, 0.25) is 0 Å². The van der Waals surface area contributed by atoms with Crippen molar-refractivity contribution in [3.05, 3.63) is 53.8 Å². The Morgan fingerprint density at radius 1 is 1.10 bits per heavy atom. The molecular formula is C17H17FN2S. The van der Waals surface area contributed by atoms with Crippen LogP contribution in [0.1, 0.15) is 26.3 Å². The van der Waals surface area contributed by atoms with Gasteiger partial charge in [-0.05, 0) is 35.2 Å². The van der Waals surface area contributed by atoms with Crippen molar-refractivity contribution in [3.8, 4) is 0 Å². The number of para-hydroxylation sites is 1. The molecule has 1 aromatic heterocycles. The SMILES string of the molecule is CC(C)(C)c1ccccc1Nc1nc2ccc(F)cc2s1. The van der Waals surface area contributed by atoms with Crippen LogP contribution in [-0.4, -0.2) is 4.98 Å². The minimum Gasteiger partial charge on any atom is -0.331 e. The molecule has 108 valence electrons. The van der Waals surface area contributed by atoms with E-state index >= 15 is 0 Å². The number of benzene rings is 2. The quantitative estimate of drug-likeness (QED) is 0.678. The third-order valence-electron chi connectivity index (χ3n) is 3.33. The van der Waals surface area contributed by atoms with E-state index in [0.717, 1.165) is 21.0 Å². The van der Waals surface area contributed by atoms with Gasteiger partial charge in [0.15, 0.2) is 5.13 Å². The fourth-order valence-electron chi connectivity index (χ4n) is 2.31. The number of nitrogens with zero attached hydrogens (tertiary/aromatic N) is 1. The molecule has 2 nitrogen and oxygen atoms in total. The zero-order valence-electron chi connectivity index (χ0n) is 12.3. The number of thiazole rings is 1. The van der Waals surface area contributed by atoms with E-state index in [1.54, 1.807) is 6.07 Å². The Hall–Kier alpha value is -1.94. The molecule has 0 bridgehead atoms. The van der Waals surface area contributed by atoms with E-state index in [1.165, 1.54) is 29.0 Å². The summed E-state index contributed by atoms with van der Waals surface area (Å²) < 4.78 is 14.1. The summed E-state index contributed by atoms with van der Waals surface area (Å²) in [6, 6.07) is 12.9. The molecule has 0 fully saturated rings. The van der Waals surface area contributed by atoms with Gasteiger partial charge >= 0.3 is 0 Å². The Morgan fingerprint density at radius 3 is 2.62 bits per heavy atom. The lowest BCUT2D eigenvalue weighted by Crippen LogP contribution is -2.13. The molecule has 21 heavy (non-hydrogen) atoms. The van der Waals surface area contributed by atoms with Crippen LogP contribution in [-0.2, 0) is 5.41 Å². The van der Waals surface area contributed by atoms with E-state index in [-0.39, 0.29) is 11.2 Å². The van der Waals surface area contributed by atoms with Crippen molar-refractivity contribution in [2.75, 3.05) is 5.32 Å². The van der Waals surface area contributed by atoms with E-state index < -0.39 is 0 Å². The van der Waals surface area contributed by atoms with Crippen molar-refractivity contribution < 1.29 is 4.39 Å². The van der Waals surface area contributed by atoms with Gasteiger partial charge in [0.05, 0.1) is 10.2 Å². The van der Waals surface area contributed by atoms with Crippen molar-refractivity contribution >= 4 is 32.4 Å². The molecule has 3 aromatic rings. The van der Waals surface area contributed by atoms with Crippen LogP contribution in [0.25, 0.3) is 10.2 Å². The van der Waals surface area contributed by atoms with Crippen LogP contribution in [0.15, 0.2) is 42.5 Å². The van der Waals surface area contributed by atoms with Crippen LogP contribution < -0.4 is 5.32 Å². The number of rotatable bonds is 2. The van der Waals surface area contributed by atoms with E-state index in [0.29, 0.717) is 0 Å². The molecule has 0 radical (unpaired) electrons. The van der Waals surface area contributed by atoms with Gasteiger partial charge in [0.1, 0.15) is 5.82 Å². The van der Waals surface area contributed by atoms with Crippen molar-refractivity contribution in [1.82, 2.24) is 4.98 Å². The normalized spacial score (nSPS) is 11.8. The summed E-state index contributed by atoms with van der Waals surface area (Å²) in [5.74, 6) is -0.229. The first kappa shape index (κ1) is 14.0. The summed E-state index contributed by atoms with van der Waals surface area (Å²) in [5.41, 5.74) is 3.14. The summed E-state index contributed by atoms with van der Waals surface area (Å²) in [6.45, 7) is 6.55. The van der Waals surface area contributed by atoms with Crippen LogP contribution in [0.5, 0.6) is 0 Å². The van der Waals surface area contributed by atoms with Crippen LogP contribution in [0.4, 0.5) is 15.2 Å². The Labute approximate surface area is 127 Å². The lowest BCUT2D eigenvalue weighted by Gasteiger charge is -2.22. The molecular weight excluding hydrogens is 283 g/mol. The highest BCUT2D eigenvalue weighted by Gasteiger charge is 2.18. The van der Waals surface area contributed by atoms with Crippen LogP contribution >= 0.6 is 11.3 Å². The Kier molecular flexibility index (Phi) is 3.41. The van der Waals surface area contributed by atoms with Gasteiger partial charge in [-0.3, -0.25) is 0 Å². The third kappa shape index (κ3) is 2.90. The van der Waals surface area contributed by atoms with Gasteiger partial charge in [0.25, 0.3) is 0 Å². The first-order valence-electron chi connectivity index (χ1n) is 6.86. The third-order valence-corrected chi connectivity index (χ3v) is 4.26. The summed E-state index contributed by atoms with van der Waals surface area (Å²) in [5, 5.41) is 4.16. The first-order chi connectivity index (χ1) is 9.93. The number of fused-ring (bicyclic) bond motifs is 1. The maximum atomic E-state index is 13.3. The number of halogens is 1. The molecule has 0 amide bonds. The Balaban J connectivity index is 1.99. The van der Waals surface area contributed by atoms with Crippen LogP contribution in [0.3, 0.4) is 0 Å². The maximum absolute atomic E-state index is 13.3. The van der Waals surface area contributed by atoms with Gasteiger partial charge in [-0.25, -0.2) is 9.37 Å². The predicted octanol–water partition coefficient (Wildman–Crippen LogP) is 5.48. The van der Waals surface area contributed by atoms with Crippen LogP contribution in [0, 0.1) is 5.82 Å². The number of hydrogen-bond donors (Lipinski definition) is 1. The summed E-state index contributed by atoms with van der Waals surface area (Å²) in [4.78, 5) is 4.51. The van der Waals surface area contributed by atoms with Gasteiger partial charge in [-0.1, -0.05) is 50.3 Å².